The van der Waals surface area contributed by atoms with Crippen molar-refractivity contribution in [1.82, 2.24) is 10.2 Å². The molecule has 1 aliphatic rings. The summed E-state index contributed by atoms with van der Waals surface area (Å²) in [4.78, 5) is 25.2. The summed E-state index contributed by atoms with van der Waals surface area (Å²) in [5.41, 5.74) is 0.0241. The van der Waals surface area contributed by atoms with Gasteiger partial charge in [0.05, 0.1) is 5.56 Å². The van der Waals surface area contributed by atoms with Crippen LogP contribution in [0.1, 0.15) is 23.7 Å². The van der Waals surface area contributed by atoms with E-state index in [2.05, 4.69) is 17.9 Å². The summed E-state index contributed by atoms with van der Waals surface area (Å²) < 4.78 is 13.6. The van der Waals surface area contributed by atoms with E-state index in [0.29, 0.717) is 24.4 Å². The third-order valence-corrected chi connectivity index (χ3v) is 3.34. The van der Waals surface area contributed by atoms with Gasteiger partial charge in [0.2, 0.25) is 5.91 Å². The van der Waals surface area contributed by atoms with Crippen LogP contribution in [0.15, 0.2) is 23.1 Å². The fraction of sp³-hybridized carbons (Fsp3) is 0.385. The first-order chi connectivity index (χ1) is 8.97. The largest absolute Gasteiger partial charge is 0.352 e. The topological polar surface area (TPSA) is 49.4 Å². The number of hydrogen-bond donors (Lipinski definition) is 2. The molecule has 1 N–H and O–H groups in total. The maximum absolute atomic E-state index is 13.6. The smallest absolute Gasteiger partial charge is 0.256 e. The lowest BCUT2D eigenvalue weighted by Crippen LogP contribution is -2.37. The zero-order valence-electron chi connectivity index (χ0n) is 10.5. The molecular weight excluding hydrogens is 267 g/mol. The zero-order valence-corrected chi connectivity index (χ0v) is 11.4. The van der Waals surface area contributed by atoms with Crippen molar-refractivity contribution in [3.63, 3.8) is 0 Å². The monoisotopic (exact) mass is 282 g/mol. The van der Waals surface area contributed by atoms with Crippen molar-refractivity contribution in [3.8, 4) is 0 Å². The lowest BCUT2D eigenvalue weighted by atomic mass is 10.2. The molecule has 0 radical (unpaired) electrons. The Balaban J connectivity index is 2.09. The molecule has 4 nitrogen and oxygen atoms in total. The summed E-state index contributed by atoms with van der Waals surface area (Å²) in [6, 6.07) is 4.10. The molecule has 0 spiro atoms. The highest BCUT2D eigenvalue weighted by Crippen LogP contribution is 2.18. The first kappa shape index (κ1) is 13.9. The minimum Gasteiger partial charge on any atom is -0.352 e. The average molecular weight is 282 g/mol. The maximum atomic E-state index is 13.6. The fourth-order valence-corrected chi connectivity index (χ4v) is 2.40. The van der Waals surface area contributed by atoms with Crippen LogP contribution in [0.5, 0.6) is 0 Å². The van der Waals surface area contributed by atoms with Gasteiger partial charge in [-0.2, -0.15) is 0 Å². The van der Waals surface area contributed by atoms with Crippen LogP contribution in [0.25, 0.3) is 0 Å². The van der Waals surface area contributed by atoms with Gasteiger partial charge in [-0.25, -0.2) is 4.39 Å². The van der Waals surface area contributed by atoms with E-state index in [-0.39, 0.29) is 23.4 Å². The summed E-state index contributed by atoms with van der Waals surface area (Å²) in [6.07, 6.45) is 0.688. The molecule has 1 saturated heterocycles. The summed E-state index contributed by atoms with van der Waals surface area (Å²) in [7, 11) is 0. The lowest BCUT2D eigenvalue weighted by molar-refractivity contribution is -0.119. The highest BCUT2D eigenvalue weighted by molar-refractivity contribution is 7.80. The molecule has 0 aliphatic carbocycles. The van der Waals surface area contributed by atoms with E-state index in [0.717, 1.165) is 0 Å². The third-order valence-electron chi connectivity index (χ3n) is 3.06. The van der Waals surface area contributed by atoms with Gasteiger partial charge in [-0.3, -0.25) is 9.59 Å². The predicted octanol–water partition coefficient (Wildman–Crippen LogP) is 1.46. The lowest BCUT2D eigenvalue weighted by Gasteiger charge is -2.17. The summed E-state index contributed by atoms with van der Waals surface area (Å²) >= 11 is 4.11. The maximum Gasteiger partial charge on any atom is 0.256 e. The van der Waals surface area contributed by atoms with Crippen molar-refractivity contribution in [2.75, 3.05) is 13.1 Å². The Morgan fingerprint density at radius 3 is 2.89 bits per heavy atom. The van der Waals surface area contributed by atoms with Crippen LogP contribution in [0.3, 0.4) is 0 Å². The third kappa shape index (κ3) is 3.26. The normalized spacial score (nSPS) is 18.5. The van der Waals surface area contributed by atoms with Crippen molar-refractivity contribution in [2.24, 2.45) is 0 Å². The van der Waals surface area contributed by atoms with Crippen molar-refractivity contribution >= 4 is 24.4 Å². The Labute approximate surface area is 116 Å². The Hall–Kier alpha value is -1.56. The fourth-order valence-electron chi connectivity index (χ4n) is 2.20. The van der Waals surface area contributed by atoms with Gasteiger partial charge in [0.25, 0.3) is 5.91 Å². The van der Waals surface area contributed by atoms with Crippen LogP contribution in [0.4, 0.5) is 4.39 Å². The van der Waals surface area contributed by atoms with Crippen molar-refractivity contribution < 1.29 is 14.0 Å². The van der Waals surface area contributed by atoms with E-state index in [1.807, 2.05) is 0 Å². The molecular formula is C13H15FN2O2S. The number of carbonyl (C=O) groups is 2. The summed E-state index contributed by atoms with van der Waals surface area (Å²) in [5.74, 6) is -1.03. The minimum absolute atomic E-state index is 0.0241. The molecule has 2 amide bonds. The van der Waals surface area contributed by atoms with Crippen molar-refractivity contribution in [3.05, 3.63) is 29.6 Å². The number of nitrogens with zero attached hydrogens (tertiary/aromatic N) is 1. The molecule has 1 fully saturated rings. The summed E-state index contributed by atoms with van der Waals surface area (Å²) in [6.45, 7) is 2.36. The van der Waals surface area contributed by atoms with Crippen LogP contribution in [-0.4, -0.2) is 35.8 Å². The van der Waals surface area contributed by atoms with E-state index in [9.17, 15) is 14.0 Å². The molecule has 0 aromatic heterocycles. The Morgan fingerprint density at radius 2 is 2.21 bits per heavy atom. The number of amides is 2. The summed E-state index contributed by atoms with van der Waals surface area (Å²) in [5, 5.41) is 2.76. The van der Waals surface area contributed by atoms with Gasteiger partial charge in [-0.15, -0.1) is 12.6 Å². The Bertz CT molecular complexity index is 521. The molecule has 1 aromatic carbocycles. The van der Waals surface area contributed by atoms with Gasteiger partial charge in [-0.05, 0) is 24.6 Å². The SMILES string of the molecule is CC(=O)NC1CCN(C(=O)c2cc(S)ccc2F)C1. The first-order valence-electron chi connectivity index (χ1n) is 6.02. The standard InChI is InChI=1S/C13H15FN2O2S/c1-8(17)15-9-4-5-16(7-9)13(18)11-6-10(19)2-3-12(11)14/h2-3,6,9,19H,4-5,7H2,1H3,(H,15,17). The molecule has 2 rings (SSSR count). The number of carbonyl (C=O) groups excluding carboxylic acids is 2. The number of rotatable bonds is 2. The van der Waals surface area contributed by atoms with E-state index < -0.39 is 5.82 Å². The van der Waals surface area contributed by atoms with Gasteiger partial charge in [0.15, 0.2) is 0 Å². The van der Waals surface area contributed by atoms with E-state index >= 15 is 0 Å². The first-order valence-corrected chi connectivity index (χ1v) is 6.47. The minimum atomic E-state index is -0.550. The average Bonchev–Trinajstić information content (AvgIpc) is 2.79. The van der Waals surface area contributed by atoms with Gasteiger partial charge in [0, 0.05) is 31.0 Å². The Kier molecular flexibility index (Phi) is 4.09. The van der Waals surface area contributed by atoms with E-state index in [1.54, 1.807) is 4.90 Å². The van der Waals surface area contributed by atoms with E-state index in [4.69, 9.17) is 0 Å². The van der Waals surface area contributed by atoms with Gasteiger partial charge >= 0.3 is 0 Å². The molecule has 1 atom stereocenters. The number of likely N-dealkylation sites (tertiary alicyclic amines) is 1. The molecule has 6 heteroatoms. The number of thiol groups is 1. The molecule has 0 bridgehead atoms. The number of hydrogen-bond acceptors (Lipinski definition) is 3. The van der Waals surface area contributed by atoms with Crippen LogP contribution in [0.2, 0.25) is 0 Å². The zero-order chi connectivity index (χ0) is 14.0. The molecule has 1 unspecified atom stereocenters. The van der Waals surface area contributed by atoms with Crippen LogP contribution in [-0.2, 0) is 4.79 Å². The number of benzene rings is 1. The van der Waals surface area contributed by atoms with Gasteiger partial charge in [0.1, 0.15) is 5.82 Å². The van der Waals surface area contributed by atoms with Gasteiger partial charge < -0.3 is 10.2 Å². The van der Waals surface area contributed by atoms with Crippen molar-refractivity contribution in [1.29, 1.82) is 0 Å². The quantitative estimate of drug-likeness (QED) is 0.807. The molecule has 102 valence electrons. The molecule has 19 heavy (non-hydrogen) atoms. The molecule has 1 heterocycles. The highest BCUT2D eigenvalue weighted by atomic mass is 32.1. The van der Waals surface area contributed by atoms with Crippen LogP contribution in [0, 0.1) is 5.82 Å². The van der Waals surface area contributed by atoms with Gasteiger partial charge in [-0.1, -0.05) is 0 Å². The van der Waals surface area contributed by atoms with Crippen LogP contribution >= 0.6 is 12.6 Å². The number of halogens is 1. The second-order valence-corrected chi connectivity index (χ2v) is 5.12. The second-order valence-electron chi connectivity index (χ2n) is 4.60. The van der Waals surface area contributed by atoms with Crippen LogP contribution < -0.4 is 5.32 Å². The highest BCUT2D eigenvalue weighted by Gasteiger charge is 2.28. The van der Waals surface area contributed by atoms with Crippen molar-refractivity contribution in [2.45, 2.75) is 24.3 Å². The molecule has 0 saturated carbocycles. The predicted molar refractivity (Wildman–Crippen MR) is 71.8 cm³/mol. The Morgan fingerprint density at radius 1 is 1.47 bits per heavy atom. The second kappa shape index (κ2) is 5.61. The molecule has 1 aromatic rings. The number of nitrogens with one attached hydrogen (secondary N) is 1. The van der Waals surface area contributed by atoms with E-state index in [1.165, 1.54) is 25.1 Å². The molecule has 1 aliphatic heterocycles.